The van der Waals surface area contributed by atoms with E-state index in [1.54, 1.807) is 0 Å². The molecule has 1 heterocycles. The van der Waals surface area contributed by atoms with Crippen molar-refractivity contribution in [3.63, 3.8) is 0 Å². The van der Waals surface area contributed by atoms with Crippen LogP contribution in [0.5, 0.6) is 0 Å². The molecule has 0 amide bonds. The number of aryl methyl sites for hydroxylation is 2. The van der Waals surface area contributed by atoms with Gasteiger partial charge in [0, 0.05) is 24.5 Å². The van der Waals surface area contributed by atoms with Gasteiger partial charge in [-0.05, 0) is 26.8 Å². The first kappa shape index (κ1) is 10.9. The molecule has 0 atom stereocenters. The third-order valence-electron chi connectivity index (χ3n) is 2.00. The maximum Gasteiger partial charge on any atom is 0.225 e. The lowest BCUT2D eigenvalue weighted by atomic mass is 10.3. The molecule has 1 N–H and O–H groups in total. The van der Waals surface area contributed by atoms with Crippen molar-refractivity contribution in [2.45, 2.75) is 20.8 Å². The van der Waals surface area contributed by atoms with Crippen LogP contribution in [0.2, 0.25) is 0 Å². The second-order valence-corrected chi connectivity index (χ2v) is 3.25. The highest BCUT2D eigenvalue weighted by Gasteiger charge is 2.07. The molecular weight excluding hydrogens is 178 g/mol. The van der Waals surface area contributed by atoms with Gasteiger partial charge in [0.25, 0.3) is 0 Å². The zero-order valence-electron chi connectivity index (χ0n) is 8.99. The van der Waals surface area contributed by atoms with Gasteiger partial charge in [-0.15, -0.1) is 0 Å². The first-order valence-corrected chi connectivity index (χ1v) is 4.85. The summed E-state index contributed by atoms with van der Waals surface area (Å²) in [5, 5.41) is 8.87. The van der Waals surface area contributed by atoms with Gasteiger partial charge in [0.1, 0.15) is 0 Å². The first-order valence-electron chi connectivity index (χ1n) is 4.85. The molecule has 0 spiro atoms. The second kappa shape index (κ2) is 4.91. The third-order valence-corrected chi connectivity index (χ3v) is 2.00. The Morgan fingerprint density at radius 3 is 2.29 bits per heavy atom. The molecule has 0 saturated carbocycles. The molecule has 0 aliphatic carbocycles. The summed E-state index contributed by atoms with van der Waals surface area (Å²) in [5.41, 5.74) is 1.92. The van der Waals surface area contributed by atoms with Crippen molar-refractivity contribution in [3.05, 3.63) is 17.5 Å². The van der Waals surface area contributed by atoms with Crippen LogP contribution >= 0.6 is 0 Å². The second-order valence-electron chi connectivity index (χ2n) is 3.25. The van der Waals surface area contributed by atoms with Crippen molar-refractivity contribution < 1.29 is 5.11 Å². The molecule has 0 aliphatic rings. The summed E-state index contributed by atoms with van der Waals surface area (Å²) in [6.45, 7) is 7.44. The number of aromatic nitrogens is 2. The predicted molar refractivity (Wildman–Crippen MR) is 56.5 cm³/mol. The monoisotopic (exact) mass is 195 g/mol. The third kappa shape index (κ3) is 2.67. The van der Waals surface area contributed by atoms with E-state index < -0.39 is 0 Å². The van der Waals surface area contributed by atoms with Crippen LogP contribution in [0.4, 0.5) is 5.95 Å². The van der Waals surface area contributed by atoms with Gasteiger partial charge in [0.05, 0.1) is 6.61 Å². The van der Waals surface area contributed by atoms with Crippen LogP contribution in [0.1, 0.15) is 18.3 Å². The number of hydrogen-bond acceptors (Lipinski definition) is 4. The maximum absolute atomic E-state index is 8.87. The first-order chi connectivity index (χ1) is 6.67. The normalized spacial score (nSPS) is 10.3. The molecule has 1 aromatic heterocycles. The fourth-order valence-electron chi connectivity index (χ4n) is 1.37. The number of aliphatic hydroxyl groups excluding tert-OH is 1. The SMILES string of the molecule is CCN(CCO)c1nc(C)cc(C)n1. The molecule has 1 aromatic rings. The average Bonchev–Trinajstić information content (AvgIpc) is 2.12. The maximum atomic E-state index is 8.87. The molecular formula is C10H17N3O. The van der Waals surface area contributed by atoms with E-state index >= 15 is 0 Å². The van der Waals surface area contributed by atoms with E-state index in [0.717, 1.165) is 17.9 Å². The van der Waals surface area contributed by atoms with Gasteiger partial charge in [-0.25, -0.2) is 9.97 Å². The number of aliphatic hydroxyl groups is 1. The Labute approximate surface area is 84.6 Å². The van der Waals surface area contributed by atoms with Crippen LogP contribution in [-0.4, -0.2) is 34.8 Å². The summed E-state index contributed by atoms with van der Waals surface area (Å²) < 4.78 is 0. The van der Waals surface area contributed by atoms with Crippen LogP contribution in [-0.2, 0) is 0 Å². The van der Waals surface area contributed by atoms with Crippen molar-refractivity contribution in [2.75, 3.05) is 24.6 Å². The van der Waals surface area contributed by atoms with E-state index in [-0.39, 0.29) is 6.61 Å². The van der Waals surface area contributed by atoms with Crippen molar-refractivity contribution in [1.82, 2.24) is 9.97 Å². The number of hydrogen-bond donors (Lipinski definition) is 1. The van der Waals surface area contributed by atoms with Gasteiger partial charge in [-0.2, -0.15) is 0 Å². The Bertz CT molecular complexity index is 281. The molecule has 0 unspecified atom stereocenters. The minimum Gasteiger partial charge on any atom is -0.395 e. The molecule has 0 radical (unpaired) electrons. The minimum absolute atomic E-state index is 0.129. The smallest absolute Gasteiger partial charge is 0.225 e. The summed E-state index contributed by atoms with van der Waals surface area (Å²) in [7, 11) is 0. The minimum atomic E-state index is 0.129. The molecule has 0 aromatic carbocycles. The van der Waals surface area contributed by atoms with E-state index in [1.807, 2.05) is 31.7 Å². The summed E-state index contributed by atoms with van der Waals surface area (Å²) >= 11 is 0. The predicted octanol–water partition coefficient (Wildman–Crippen LogP) is 0.912. The van der Waals surface area contributed by atoms with Gasteiger partial charge in [-0.3, -0.25) is 0 Å². The number of anilines is 1. The topological polar surface area (TPSA) is 49.2 Å². The van der Waals surface area contributed by atoms with Crippen molar-refractivity contribution in [3.8, 4) is 0 Å². The zero-order chi connectivity index (χ0) is 10.6. The lowest BCUT2D eigenvalue weighted by molar-refractivity contribution is 0.301. The van der Waals surface area contributed by atoms with E-state index in [1.165, 1.54) is 0 Å². The van der Waals surface area contributed by atoms with Gasteiger partial charge in [-0.1, -0.05) is 0 Å². The molecule has 4 nitrogen and oxygen atoms in total. The summed E-state index contributed by atoms with van der Waals surface area (Å²) in [6.07, 6.45) is 0. The zero-order valence-corrected chi connectivity index (χ0v) is 8.99. The van der Waals surface area contributed by atoms with E-state index in [2.05, 4.69) is 9.97 Å². The van der Waals surface area contributed by atoms with Crippen LogP contribution in [0.25, 0.3) is 0 Å². The largest absolute Gasteiger partial charge is 0.395 e. The Hall–Kier alpha value is -1.16. The highest BCUT2D eigenvalue weighted by molar-refractivity contribution is 5.31. The van der Waals surface area contributed by atoms with Gasteiger partial charge in [0.15, 0.2) is 0 Å². The highest BCUT2D eigenvalue weighted by Crippen LogP contribution is 2.08. The fourth-order valence-corrected chi connectivity index (χ4v) is 1.37. The average molecular weight is 195 g/mol. The van der Waals surface area contributed by atoms with Crippen LogP contribution in [0.15, 0.2) is 6.07 Å². The van der Waals surface area contributed by atoms with Crippen molar-refractivity contribution in [2.24, 2.45) is 0 Å². The van der Waals surface area contributed by atoms with Crippen molar-refractivity contribution >= 4 is 5.95 Å². The lowest BCUT2D eigenvalue weighted by Gasteiger charge is -2.19. The van der Waals surface area contributed by atoms with Gasteiger partial charge < -0.3 is 10.0 Å². The molecule has 78 valence electrons. The quantitative estimate of drug-likeness (QED) is 0.776. The van der Waals surface area contributed by atoms with Crippen LogP contribution in [0, 0.1) is 13.8 Å². The Kier molecular flexibility index (Phi) is 3.83. The van der Waals surface area contributed by atoms with Crippen LogP contribution < -0.4 is 4.90 Å². The number of likely N-dealkylation sites (N-methyl/N-ethyl adjacent to an activating group) is 1. The Morgan fingerprint density at radius 1 is 1.29 bits per heavy atom. The molecule has 0 fully saturated rings. The summed E-state index contributed by atoms with van der Waals surface area (Å²) in [5.74, 6) is 0.707. The lowest BCUT2D eigenvalue weighted by Crippen LogP contribution is -2.28. The standard InChI is InChI=1S/C10H17N3O/c1-4-13(5-6-14)10-11-8(2)7-9(3)12-10/h7,14H,4-6H2,1-3H3. The number of nitrogens with zero attached hydrogens (tertiary/aromatic N) is 3. The molecule has 0 saturated heterocycles. The van der Waals surface area contributed by atoms with Gasteiger partial charge in [0.2, 0.25) is 5.95 Å². The van der Waals surface area contributed by atoms with E-state index in [0.29, 0.717) is 12.5 Å². The fraction of sp³-hybridized carbons (Fsp3) is 0.600. The molecule has 14 heavy (non-hydrogen) atoms. The Morgan fingerprint density at radius 2 is 1.86 bits per heavy atom. The van der Waals surface area contributed by atoms with E-state index in [9.17, 15) is 0 Å². The summed E-state index contributed by atoms with van der Waals surface area (Å²) in [4.78, 5) is 10.6. The van der Waals surface area contributed by atoms with Crippen LogP contribution in [0.3, 0.4) is 0 Å². The summed E-state index contributed by atoms with van der Waals surface area (Å²) in [6, 6.07) is 1.94. The molecule has 0 aliphatic heterocycles. The highest BCUT2D eigenvalue weighted by atomic mass is 16.3. The number of rotatable bonds is 4. The molecule has 0 bridgehead atoms. The Balaban J connectivity index is 2.91. The molecule has 4 heteroatoms. The van der Waals surface area contributed by atoms with Crippen molar-refractivity contribution in [1.29, 1.82) is 0 Å². The molecule has 1 rings (SSSR count). The van der Waals surface area contributed by atoms with Gasteiger partial charge >= 0.3 is 0 Å². The van der Waals surface area contributed by atoms with E-state index in [4.69, 9.17) is 5.11 Å².